The molecule has 3 nitrogen and oxygen atoms in total. The Bertz CT molecular complexity index is 277. The Morgan fingerprint density at radius 2 is 1.93 bits per heavy atom. The van der Waals surface area contributed by atoms with Crippen molar-refractivity contribution in [1.29, 1.82) is 0 Å². The van der Waals surface area contributed by atoms with Crippen molar-refractivity contribution in [3.8, 4) is 5.75 Å². The summed E-state index contributed by atoms with van der Waals surface area (Å²) in [7, 11) is 0. The van der Waals surface area contributed by atoms with Gasteiger partial charge in [-0.15, -0.1) is 0 Å². The molecule has 0 spiro atoms. The number of rotatable bonds is 5. The SMILES string of the molecule is CC(C)Oc1ccc(COC=O)cc1. The molecule has 0 atom stereocenters. The van der Waals surface area contributed by atoms with E-state index >= 15 is 0 Å². The molecule has 0 aliphatic carbocycles. The lowest BCUT2D eigenvalue weighted by Crippen LogP contribution is -2.05. The highest BCUT2D eigenvalue weighted by atomic mass is 16.5. The van der Waals surface area contributed by atoms with Crippen LogP contribution in [0.5, 0.6) is 5.75 Å². The first-order chi connectivity index (χ1) is 6.72. The van der Waals surface area contributed by atoms with Crippen LogP contribution in [0.3, 0.4) is 0 Å². The quantitative estimate of drug-likeness (QED) is 0.674. The summed E-state index contributed by atoms with van der Waals surface area (Å²) in [6.07, 6.45) is 0.173. The fourth-order valence-corrected chi connectivity index (χ4v) is 1.07. The fourth-order valence-electron chi connectivity index (χ4n) is 1.07. The van der Waals surface area contributed by atoms with Crippen LogP contribution in [-0.2, 0) is 16.1 Å². The van der Waals surface area contributed by atoms with Crippen molar-refractivity contribution in [3.63, 3.8) is 0 Å². The number of carbonyl (C=O) groups is 1. The van der Waals surface area contributed by atoms with Gasteiger partial charge in [-0.2, -0.15) is 0 Å². The fraction of sp³-hybridized carbons (Fsp3) is 0.364. The highest BCUT2D eigenvalue weighted by molar-refractivity contribution is 5.37. The molecule has 0 N–H and O–H groups in total. The van der Waals surface area contributed by atoms with Gasteiger partial charge < -0.3 is 9.47 Å². The first kappa shape index (κ1) is 10.6. The smallest absolute Gasteiger partial charge is 0.293 e. The van der Waals surface area contributed by atoms with Gasteiger partial charge in [0.1, 0.15) is 12.4 Å². The van der Waals surface area contributed by atoms with Gasteiger partial charge >= 0.3 is 0 Å². The van der Waals surface area contributed by atoms with Crippen LogP contribution < -0.4 is 4.74 Å². The van der Waals surface area contributed by atoms with Gasteiger partial charge in [0.2, 0.25) is 0 Å². The van der Waals surface area contributed by atoms with Gasteiger partial charge in [0.15, 0.2) is 0 Å². The average Bonchev–Trinajstić information content (AvgIpc) is 2.16. The summed E-state index contributed by atoms with van der Waals surface area (Å²) >= 11 is 0. The van der Waals surface area contributed by atoms with E-state index in [1.165, 1.54) is 0 Å². The van der Waals surface area contributed by atoms with Crippen molar-refractivity contribution in [2.75, 3.05) is 0 Å². The molecular formula is C11H14O3. The van der Waals surface area contributed by atoms with Crippen LogP contribution in [0, 0.1) is 0 Å². The molecule has 0 saturated heterocycles. The monoisotopic (exact) mass is 194 g/mol. The molecule has 0 aromatic heterocycles. The maximum atomic E-state index is 9.94. The van der Waals surface area contributed by atoms with E-state index in [4.69, 9.17) is 4.74 Å². The highest BCUT2D eigenvalue weighted by Crippen LogP contribution is 2.13. The van der Waals surface area contributed by atoms with Gasteiger partial charge in [-0.25, -0.2) is 0 Å². The molecular weight excluding hydrogens is 180 g/mol. The van der Waals surface area contributed by atoms with E-state index < -0.39 is 0 Å². The molecule has 76 valence electrons. The maximum absolute atomic E-state index is 9.94. The topological polar surface area (TPSA) is 35.5 Å². The molecule has 0 saturated carbocycles. The van der Waals surface area contributed by atoms with Crippen molar-refractivity contribution in [1.82, 2.24) is 0 Å². The second-order valence-electron chi connectivity index (χ2n) is 3.22. The second-order valence-corrected chi connectivity index (χ2v) is 3.22. The number of carbonyl (C=O) groups excluding carboxylic acids is 1. The van der Waals surface area contributed by atoms with Crippen molar-refractivity contribution in [2.45, 2.75) is 26.6 Å². The van der Waals surface area contributed by atoms with Gasteiger partial charge in [-0.3, -0.25) is 4.79 Å². The number of benzene rings is 1. The first-order valence-corrected chi connectivity index (χ1v) is 4.53. The molecule has 3 heteroatoms. The zero-order valence-electron chi connectivity index (χ0n) is 8.40. The predicted molar refractivity (Wildman–Crippen MR) is 53.1 cm³/mol. The van der Waals surface area contributed by atoms with E-state index in [9.17, 15) is 4.79 Å². The normalized spacial score (nSPS) is 9.93. The lowest BCUT2D eigenvalue weighted by molar-refractivity contribution is -0.129. The number of ether oxygens (including phenoxy) is 2. The van der Waals surface area contributed by atoms with Gasteiger partial charge in [0.05, 0.1) is 6.10 Å². The van der Waals surface area contributed by atoms with Crippen LogP contribution in [0.1, 0.15) is 19.4 Å². The Morgan fingerprint density at radius 1 is 1.29 bits per heavy atom. The summed E-state index contributed by atoms with van der Waals surface area (Å²) in [6, 6.07) is 7.48. The third-order valence-corrected chi connectivity index (χ3v) is 1.61. The van der Waals surface area contributed by atoms with E-state index in [-0.39, 0.29) is 6.10 Å². The molecule has 0 radical (unpaired) electrons. The zero-order valence-corrected chi connectivity index (χ0v) is 8.40. The molecule has 1 aromatic rings. The Morgan fingerprint density at radius 3 is 2.43 bits per heavy atom. The second kappa shape index (κ2) is 5.27. The van der Waals surface area contributed by atoms with Crippen LogP contribution in [0.2, 0.25) is 0 Å². The van der Waals surface area contributed by atoms with Gasteiger partial charge in [-0.05, 0) is 31.5 Å². The molecule has 0 fully saturated rings. The molecule has 0 aliphatic rings. The highest BCUT2D eigenvalue weighted by Gasteiger charge is 1.97. The summed E-state index contributed by atoms with van der Waals surface area (Å²) in [5, 5.41) is 0. The van der Waals surface area contributed by atoms with Gasteiger partial charge in [-0.1, -0.05) is 12.1 Å². The van der Waals surface area contributed by atoms with Crippen molar-refractivity contribution < 1.29 is 14.3 Å². The maximum Gasteiger partial charge on any atom is 0.293 e. The molecule has 1 aromatic carbocycles. The molecule has 0 aliphatic heterocycles. The van der Waals surface area contributed by atoms with E-state index in [1.807, 2.05) is 38.1 Å². The van der Waals surface area contributed by atoms with E-state index in [1.54, 1.807) is 0 Å². The zero-order chi connectivity index (χ0) is 10.4. The Hall–Kier alpha value is -1.51. The first-order valence-electron chi connectivity index (χ1n) is 4.53. The largest absolute Gasteiger partial charge is 0.491 e. The minimum atomic E-state index is 0.173. The molecule has 0 amide bonds. The summed E-state index contributed by atoms with van der Waals surface area (Å²) in [6.45, 7) is 4.71. The summed E-state index contributed by atoms with van der Waals surface area (Å²) in [5.74, 6) is 0.829. The van der Waals surface area contributed by atoms with Crippen molar-refractivity contribution in [2.24, 2.45) is 0 Å². The minimum Gasteiger partial charge on any atom is -0.491 e. The minimum absolute atomic E-state index is 0.173. The van der Waals surface area contributed by atoms with Crippen LogP contribution >= 0.6 is 0 Å². The number of hydrogen-bond donors (Lipinski definition) is 0. The van der Waals surface area contributed by atoms with E-state index in [0.717, 1.165) is 11.3 Å². The standard InChI is InChI=1S/C11H14O3/c1-9(2)14-11-5-3-10(4-6-11)7-13-8-12/h3-6,8-9H,7H2,1-2H3. The third-order valence-electron chi connectivity index (χ3n) is 1.61. The molecule has 0 heterocycles. The van der Waals surface area contributed by atoms with E-state index in [0.29, 0.717) is 13.1 Å². The van der Waals surface area contributed by atoms with Crippen molar-refractivity contribution in [3.05, 3.63) is 29.8 Å². The predicted octanol–water partition coefficient (Wildman–Crippen LogP) is 2.15. The summed E-state index contributed by atoms with van der Waals surface area (Å²) in [5.41, 5.74) is 0.952. The Balaban J connectivity index is 2.54. The average molecular weight is 194 g/mol. The van der Waals surface area contributed by atoms with Gasteiger partial charge in [0.25, 0.3) is 6.47 Å². The summed E-state index contributed by atoms with van der Waals surface area (Å²) < 4.78 is 10.1. The lowest BCUT2D eigenvalue weighted by atomic mass is 10.2. The van der Waals surface area contributed by atoms with Crippen LogP contribution in [0.15, 0.2) is 24.3 Å². The third kappa shape index (κ3) is 3.47. The number of hydrogen-bond acceptors (Lipinski definition) is 3. The Kier molecular flexibility index (Phi) is 3.98. The van der Waals surface area contributed by atoms with Crippen LogP contribution in [0.4, 0.5) is 0 Å². The molecule has 0 bridgehead atoms. The van der Waals surface area contributed by atoms with E-state index in [2.05, 4.69) is 4.74 Å². The van der Waals surface area contributed by atoms with Gasteiger partial charge in [0, 0.05) is 0 Å². The van der Waals surface area contributed by atoms with Crippen LogP contribution in [0.25, 0.3) is 0 Å². The Labute approximate surface area is 83.6 Å². The molecule has 14 heavy (non-hydrogen) atoms. The molecule has 1 rings (SSSR count). The van der Waals surface area contributed by atoms with Crippen molar-refractivity contribution >= 4 is 6.47 Å². The lowest BCUT2D eigenvalue weighted by Gasteiger charge is -2.09. The molecule has 0 unspecified atom stereocenters. The van der Waals surface area contributed by atoms with Crippen LogP contribution in [-0.4, -0.2) is 12.6 Å². The summed E-state index contributed by atoms with van der Waals surface area (Å²) in [4.78, 5) is 9.94.